The van der Waals surface area contributed by atoms with E-state index in [4.69, 9.17) is 0 Å². The van der Waals surface area contributed by atoms with Gasteiger partial charge in [0, 0.05) is 12.6 Å². The Bertz CT molecular complexity index is 342. The Hall–Kier alpha value is -1.06. The van der Waals surface area contributed by atoms with Gasteiger partial charge in [0.05, 0.1) is 0 Å². The highest BCUT2D eigenvalue weighted by Crippen LogP contribution is 2.16. The van der Waals surface area contributed by atoms with Gasteiger partial charge in [-0.15, -0.1) is 0 Å². The second-order valence-electron chi connectivity index (χ2n) is 5.17. The van der Waals surface area contributed by atoms with Gasteiger partial charge in [-0.05, 0) is 56.6 Å². The normalized spacial score (nSPS) is 18.1. The van der Waals surface area contributed by atoms with Gasteiger partial charge in [0.1, 0.15) is 5.75 Å². The summed E-state index contributed by atoms with van der Waals surface area (Å²) in [5.74, 6) is 0.348. The van der Waals surface area contributed by atoms with Crippen LogP contribution in [0.4, 0.5) is 0 Å². The SMILES string of the molecule is CCCNC1CCN(Cc2ccc(O)cc2)CC1. The second kappa shape index (κ2) is 6.76. The predicted molar refractivity (Wildman–Crippen MR) is 74.7 cm³/mol. The number of aromatic hydroxyl groups is 1. The Morgan fingerprint density at radius 3 is 2.50 bits per heavy atom. The third-order valence-corrected chi connectivity index (χ3v) is 3.61. The van der Waals surface area contributed by atoms with Gasteiger partial charge >= 0.3 is 0 Å². The number of nitrogens with one attached hydrogen (secondary N) is 1. The molecule has 0 saturated carbocycles. The molecule has 100 valence electrons. The van der Waals surface area contributed by atoms with Gasteiger partial charge in [-0.3, -0.25) is 4.90 Å². The number of phenolic OH excluding ortho intramolecular Hbond substituents is 1. The fraction of sp³-hybridized carbons (Fsp3) is 0.600. The molecule has 0 amide bonds. The van der Waals surface area contributed by atoms with Crippen LogP contribution in [0, 0.1) is 0 Å². The molecule has 0 bridgehead atoms. The van der Waals surface area contributed by atoms with Gasteiger partial charge in [-0.2, -0.15) is 0 Å². The zero-order valence-electron chi connectivity index (χ0n) is 11.2. The van der Waals surface area contributed by atoms with Crippen molar-refractivity contribution in [3.63, 3.8) is 0 Å². The van der Waals surface area contributed by atoms with Crippen LogP contribution in [-0.4, -0.2) is 35.7 Å². The number of phenols is 1. The molecule has 1 aromatic rings. The van der Waals surface area contributed by atoms with E-state index in [1.807, 2.05) is 12.1 Å². The molecule has 0 spiro atoms. The van der Waals surface area contributed by atoms with Crippen molar-refractivity contribution >= 4 is 0 Å². The van der Waals surface area contributed by atoms with E-state index < -0.39 is 0 Å². The molecule has 1 aromatic carbocycles. The van der Waals surface area contributed by atoms with E-state index in [1.165, 1.54) is 37.9 Å². The summed E-state index contributed by atoms with van der Waals surface area (Å²) in [6.45, 7) is 6.70. The molecular formula is C15H24N2O. The highest BCUT2D eigenvalue weighted by molar-refractivity contribution is 5.25. The Morgan fingerprint density at radius 1 is 1.22 bits per heavy atom. The molecule has 3 heteroatoms. The molecule has 0 unspecified atom stereocenters. The first-order valence-electron chi connectivity index (χ1n) is 7.01. The van der Waals surface area contributed by atoms with Crippen LogP contribution in [-0.2, 0) is 6.54 Å². The standard InChI is InChI=1S/C15H24N2O/c1-2-9-16-14-7-10-17(11-8-14)12-13-3-5-15(18)6-4-13/h3-6,14,16,18H,2,7-12H2,1H3. The van der Waals surface area contributed by atoms with E-state index in [1.54, 1.807) is 12.1 Å². The van der Waals surface area contributed by atoms with Crippen LogP contribution in [0.15, 0.2) is 24.3 Å². The lowest BCUT2D eigenvalue weighted by Crippen LogP contribution is -2.42. The zero-order valence-corrected chi connectivity index (χ0v) is 11.2. The molecule has 1 aliphatic heterocycles. The molecule has 0 aromatic heterocycles. The van der Waals surface area contributed by atoms with Gasteiger partial charge < -0.3 is 10.4 Å². The molecule has 1 fully saturated rings. The van der Waals surface area contributed by atoms with Crippen LogP contribution >= 0.6 is 0 Å². The Morgan fingerprint density at radius 2 is 1.89 bits per heavy atom. The number of rotatable bonds is 5. The Kier molecular flexibility index (Phi) is 5.02. The maximum Gasteiger partial charge on any atom is 0.115 e. The third-order valence-electron chi connectivity index (χ3n) is 3.61. The quantitative estimate of drug-likeness (QED) is 0.839. The lowest BCUT2D eigenvalue weighted by molar-refractivity contribution is 0.191. The number of benzene rings is 1. The summed E-state index contributed by atoms with van der Waals surface area (Å²) in [4.78, 5) is 2.50. The molecule has 2 N–H and O–H groups in total. The minimum atomic E-state index is 0.348. The van der Waals surface area contributed by atoms with Crippen LogP contribution in [0.3, 0.4) is 0 Å². The molecule has 0 aliphatic carbocycles. The average molecular weight is 248 g/mol. The Labute approximate surface area is 110 Å². The first-order chi connectivity index (χ1) is 8.78. The van der Waals surface area contributed by atoms with Crippen LogP contribution in [0.1, 0.15) is 31.7 Å². The van der Waals surface area contributed by atoms with E-state index in [9.17, 15) is 5.11 Å². The summed E-state index contributed by atoms with van der Waals surface area (Å²) in [6.07, 6.45) is 3.71. The van der Waals surface area contributed by atoms with E-state index in [-0.39, 0.29) is 0 Å². The van der Waals surface area contributed by atoms with Crippen molar-refractivity contribution in [2.75, 3.05) is 19.6 Å². The third kappa shape index (κ3) is 4.00. The van der Waals surface area contributed by atoms with Gasteiger partial charge in [0.25, 0.3) is 0 Å². The van der Waals surface area contributed by atoms with E-state index in [2.05, 4.69) is 17.1 Å². The second-order valence-corrected chi connectivity index (χ2v) is 5.17. The zero-order chi connectivity index (χ0) is 12.8. The average Bonchev–Trinajstić information content (AvgIpc) is 2.41. The summed E-state index contributed by atoms with van der Waals surface area (Å²) in [5.41, 5.74) is 1.28. The molecule has 1 aliphatic rings. The number of hydrogen-bond donors (Lipinski definition) is 2. The van der Waals surface area contributed by atoms with Crippen molar-refractivity contribution in [3.05, 3.63) is 29.8 Å². The van der Waals surface area contributed by atoms with Gasteiger partial charge in [-0.25, -0.2) is 0 Å². The maximum absolute atomic E-state index is 9.26. The van der Waals surface area contributed by atoms with Gasteiger partial charge in [0.15, 0.2) is 0 Å². The lowest BCUT2D eigenvalue weighted by atomic mass is 10.0. The highest BCUT2D eigenvalue weighted by Gasteiger charge is 2.18. The lowest BCUT2D eigenvalue weighted by Gasteiger charge is -2.32. The largest absolute Gasteiger partial charge is 0.508 e. The number of likely N-dealkylation sites (tertiary alicyclic amines) is 1. The minimum absolute atomic E-state index is 0.348. The molecule has 3 nitrogen and oxygen atoms in total. The van der Waals surface area contributed by atoms with Crippen LogP contribution < -0.4 is 5.32 Å². The predicted octanol–water partition coefficient (Wildman–Crippen LogP) is 2.36. The van der Waals surface area contributed by atoms with Crippen LogP contribution in [0.25, 0.3) is 0 Å². The summed E-state index contributed by atoms with van der Waals surface area (Å²) in [6, 6.07) is 8.27. The van der Waals surface area contributed by atoms with Gasteiger partial charge in [0.2, 0.25) is 0 Å². The summed E-state index contributed by atoms with van der Waals surface area (Å²) < 4.78 is 0. The Balaban J connectivity index is 1.74. The summed E-state index contributed by atoms with van der Waals surface area (Å²) in [7, 11) is 0. The van der Waals surface area contributed by atoms with E-state index >= 15 is 0 Å². The first kappa shape index (κ1) is 13.4. The van der Waals surface area contributed by atoms with Crippen molar-refractivity contribution in [2.45, 2.75) is 38.8 Å². The summed E-state index contributed by atoms with van der Waals surface area (Å²) in [5, 5.41) is 12.9. The molecular weight excluding hydrogens is 224 g/mol. The first-order valence-corrected chi connectivity index (χ1v) is 7.01. The van der Waals surface area contributed by atoms with E-state index in [0.717, 1.165) is 13.1 Å². The van der Waals surface area contributed by atoms with Crippen molar-refractivity contribution in [1.82, 2.24) is 10.2 Å². The number of hydrogen-bond acceptors (Lipinski definition) is 3. The van der Waals surface area contributed by atoms with E-state index in [0.29, 0.717) is 11.8 Å². The monoisotopic (exact) mass is 248 g/mol. The topological polar surface area (TPSA) is 35.5 Å². The fourth-order valence-electron chi connectivity index (χ4n) is 2.50. The number of piperidine rings is 1. The van der Waals surface area contributed by atoms with Crippen LogP contribution in [0.5, 0.6) is 5.75 Å². The number of nitrogens with zero attached hydrogens (tertiary/aromatic N) is 1. The van der Waals surface area contributed by atoms with Crippen molar-refractivity contribution in [1.29, 1.82) is 0 Å². The molecule has 18 heavy (non-hydrogen) atoms. The minimum Gasteiger partial charge on any atom is -0.508 e. The summed E-state index contributed by atoms with van der Waals surface area (Å²) >= 11 is 0. The molecule has 1 heterocycles. The van der Waals surface area contributed by atoms with Crippen molar-refractivity contribution in [2.24, 2.45) is 0 Å². The molecule has 1 saturated heterocycles. The fourth-order valence-corrected chi connectivity index (χ4v) is 2.50. The van der Waals surface area contributed by atoms with Gasteiger partial charge in [-0.1, -0.05) is 19.1 Å². The maximum atomic E-state index is 9.26. The van der Waals surface area contributed by atoms with Crippen molar-refractivity contribution < 1.29 is 5.11 Å². The molecule has 0 atom stereocenters. The smallest absolute Gasteiger partial charge is 0.115 e. The molecule has 2 rings (SSSR count). The van der Waals surface area contributed by atoms with Crippen LogP contribution in [0.2, 0.25) is 0 Å². The van der Waals surface area contributed by atoms with Crippen molar-refractivity contribution in [3.8, 4) is 5.75 Å². The molecule has 0 radical (unpaired) electrons. The highest BCUT2D eigenvalue weighted by atomic mass is 16.3.